The minimum absolute atomic E-state index is 0.164. The number of carbonyl (C=O) groups is 1. The number of nitrogens with zero attached hydrogens (tertiary/aromatic N) is 1. The molecule has 2 N–H and O–H groups in total. The van der Waals surface area contributed by atoms with Gasteiger partial charge in [-0.15, -0.1) is 0 Å². The number of carbonyl (C=O) groups excluding carboxylic acids is 1. The molecule has 0 saturated heterocycles. The third kappa shape index (κ3) is 3.95. The summed E-state index contributed by atoms with van der Waals surface area (Å²) in [6, 6.07) is 0.230. The van der Waals surface area contributed by atoms with Crippen molar-refractivity contribution in [2.24, 2.45) is 23.5 Å². The SMILES string of the molecule is CC1CCC(N)CC1C(=O)N(C)CC1CCCCC1. The fourth-order valence-electron chi connectivity index (χ4n) is 3.83. The Morgan fingerprint density at radius 1 is 1.16 bits per heavy atom. The van der Waals surface area contributed by atoms with Crippen LogP contribution in [-0.2, 0) is 4.79 Å². The van der Waals surface area contributed by atoms with Crippen molar-refractivity contribution in [3.05, 3.63) is 0 Å². The molecule has 2 aliphatic carbocycles. The lowest BCUT2D eigenvalue weighted by atomic mass is 9.77. The van der Waals surface area contributed by atoms with Crippen LogP contribution in [0.4, 0.5) is 0 Å². The van der Waals surface area contributed by atoms with E-state index in [1.165, 1.54) is 32.1 Å². The van der Waals surface area contributed by atoms with Crippen molar-refractivity contribution in [1.29, 1.82) is 0 Å². The molecule has 110 valence electrons. The van der Waals surface area contributed by atoms with Gasteiger partial charge in [-0.1, -0.05) is 26.2 Å². The number of rotatable bonds is 3. The summed E-state index contributed by atoms with van der Waals surface area (Å²) in [7, 11) is 1.99. The van der Waals surface area contributed by atoms with E-state index < -0.39 is 0 Å². The molecule has 0 aromatic carbocycles. The quantitative estimate of drug-likeness (QED) is 0.854. The molecule has 0 aliphatic heterocycles. The first-order valence-corrected chi connectivity index (χ1v) is 8.08. The Balaban J connectivity index is 1.86. The summed E-state index contributed by atoms with van der Waals surface area (Å²) in [5.74, 6) is 1.74. The van der Waals surface area contributed by atoms with E-state index in [4.69, 9.17) is 5.73 Å². The lowest BCUT2D eigenvalue weighted by Crippen LogP contribution is -2.43. The van der Waals surface area contributed by atoms with Crippen LogP contribution in [0.15, 0.2) is 0 Å². The second-order valence-electron chi connectivity index (χ2n) is 6.88. The molecule has 2 saturated carbocycles. The van der Waals surface area contributed by atoms with Crippen molar-refractivity contribution in [3.8, 4) is 0 Å². The maximum absolute atomic E-state index is 12.6. The van der Waals surface area contributed by atoms with Gasteiger partial charge in [0.05, 0.1) is 0 Å². The summed E-state index contributed by atoms with van der Waals surface area (Å²) in [5, 5.41) is 0. The monoisotopic (exact) mass is 266 g/mol. The van der Waals surface area contributed by atoms with Gasteiger partial charge >= 0.3 is 0 Å². The van der Waals surface area contributed by atoms with Gasteiger partial charge in [0.1, 0.15) is 0 Å². The van der Waals surface area contributed by atoms with Gasteiger partial charge in [0.2, 0.25) is 5.91 Å². The van der Waals surface area contributed by atoms with Crippen LogP contribution in [0.1, 0.15) is 58.3 Å². The summed E-state index contributed by atoms with van der Waals surface area (Å²) in [6.07, 6.45) is 9.74. The molecule has 3 heteroatoms. The largest absolute Gasteiger partial charge is 0.345 e. The average molecular weight is 266 g/mol. The second kappa shape index (κ2) is 6.74. The molecule has 1 amide bonds. The Morgan fingerprint density at radius 2 is 1.84 bits per heavy atom. The summed E-state index contributed by atoms with van der Waals surface area (Å²) in [4.78, 5) is 14.6. The Kier molecular flexibility index (Phi) is 5.26. The van der Waals surface area contributed by atoms with Crippen molar-refractivity contribution in [3.63, 3.8) is 0 Å². The number of hydrogen-bond acceptors (Lipinski definition) is 2. The smallest absolute Gasteiger partial charge is 0.225 e. The Morgan fingerprint density at radius 3 is 2.53 bits per heavy atom. The van der Waals surface area contributed by atoms with E-state index >= 15 is 0 Å². The fourth-order valence-corrected chi connectivity index (χ4v) is 3.83. The molecule has 2 fully saturated rings. The Labute approximate surface area is 117 Å². The molecule has 0 heterocycles. The van der Waals surface area contributed by atoms with Crippen LogP contribution >= 0.6 is 0 Å². The van der Waals surface area contributed by atoms with Gasteiger partial charge < -0.3 is 10.6 Å². The van der Waals surface area contributed by atoms with Crippen LogP contribution in [0.25, 0.3) is 0 Å². The van der Waals surface area contributed by atoms with Gasteiger partial charge in [0, 0.05) is 25.6 Å². The minimum atomic E-state index is 0.164. The van der Waals surface area contributed by atoms with E-state index in [1.807, 2.05) is 11.9 Å². The molecule has 0 aromatic rings. The van der Waals surface area contributed by atoms with Crippen molar-refractivity contribution >= 4 is 5.91 Å². The van der Waals surface area contributed by atoms with Gasteiger partial charge in [-0.3, -0.25) is 4.79 Å². The summed E-state index contributed by atoms with van der Waals surface area (Å²) in [6.45, 7) is 3.17. The molecule has 3 atom stereocenters. The number of amides is 1. The molecule has 0 bridgehead atoms. The maximum Gasteiger partial charge on any atom is 0.225 e. The molecule has 3 nitrogen and oxygen atoms in total. The normalized spacial score (nSPS) is 33.1. The van der Waals surface area contributed by atoms with Crippen LogP contribution in [0, 0.1) is 17.8 Å². The van der Waals surface area contributed by atoms with E-state index in [-0.39, 0.29) is 12.0 Å². The van der Waals surface area contributed by atoms with Crippen molar-refractivity contribution in [2.75, 3.05) is 13.6 Å². The zero-order valence-corrected chi connectivity index (χ0v) is 12.6. The lowest BCUT2D eigenvalue weighted by molar-refractivity contribution is -0.137. The summed E-state index contributed by atoms with van der Waals surface area (Å²) < 4.78 is 0. The molecule has 0 aromatic heterocycles. The predicted octanol–water partition coefficient (Wildman–Crippen LogP) is 2.79. The molecular formula is C16H30N2O. The number of nitrogens with two attached hydrogens (primary N) is 1. The van der Waals surface area contributed by atoms with Crippen LogP contribution in [-0.4, -0.2) is 30.4 Å². The third-order valence-electron chi connectivity index (χ3n) is 5.19. The van der Waals surface area contributed by atoms with Crippen molar-refractivity contribution < 1.29 is 4.79 Å². The molecule has 3 unspecified atom stereocenters. The Bertz CT molecular complexity index is 299. The van der Waals surface area contributed by atoms with E-state index in [2.05, 4.69) is 6.92 Å². The van der Waals surface area contributed by atoms with E-state index in [1.54, 1.807) is 0 Å². The molecule has 0 spiro atoms. The highest BCUT2D eigenvalue weighted by atomic mass is 16.2. The topological polar surface area (TPSA) is 46.3 Å². The van der Waals surface area contributed by atoms with Gasteiger partial charge in [-0.2, -0.15) is 0 Å². The van der Waals surface area contributed by atoms with Crippen molar-refractivity contribution in [1.82, 2.24) is 4.90 Å². The fraction of sp³-hybridized carbons (Fsp3) is 0.938. The highest BCUT2D eigenvalue weighted by Crippen LogP contribution is 2.31. The zero-order valence-electron chi connectivity index (χ0n) is 12.6. The third-order valence-corrected chi connectivity index (χ3v) is 5.19. The van der Waals surface area contributed by atoms with Crippen LogP contribution in [0.3, 0.4) is 0 Å². The van der Waals surface area contributed by atoms with E-state index in [0.29, 0.717) is 11.8 Å². The van der Waals surface area contributed by atoms with E-state index in [0.717, 1.165) is 31.7 Å². The van der Waals surface area contributed by atoms with Crippen LogP contribution in [0.5, 0.6) is 0 Å². The first-order valence-electron chi connectivity index (χ1n) is 8.08. The van der Waals surface area contributed by atoms with Crippen molar-refractivity contribution in [2.45, 2.75) is 64.3 Å². The molecule has 2 rings (SSSR count). The van der Waals surface area contributed by atoms with Crippen LogP contribution in [0.2, 0.25) is 0 Å². The average Bonchev–Trinajstić information content (AvgIpc) is 2.42. The Hall–Kier alpha value is -0.570. The highest BCUT2D eigenvalue weighted by Gasteiger charge is 2.33. The predicted molar refractivity (Wildman–Crippen MR) is 78.7 cm³/mol. The molecule has 19 heavy (non-hydrogen) atoms. The first kappa shape index (κ1) is 14.8. The maximum atomic E-state index is 12.6. The van der Waals surface area contributed by atoms with Gasteiger partial charge in [0.25, 0.3) is 0 Å². The molecule has 2 aliphatic rings. The summed E-state index contributed by atoms with van der Waals surface area (Å²) >= 11 is 0. The molecule has 0 radical (unpaired) electrons. The second-order valence-corrected chi connectivity index (χ2v) is 6.88. The zero-order chi connectivity index (χ0) is 13.8. The summed E-state index contributed by atoms with van der Waals surface area (Å²) in [5.41, 5.74) is 6.04. The van der Waals surface area contributed by atoms with Gasteiger partial charge in [-0.05, 0) is 43.9 Å². The highest BCUT2D eigenvalue weighted by molar-refractivity contribution is 5.79. The molecular weight excluding hydrogens is 236 g/mol. The standard InChI is InChI=1S/C16H30N2O/c1-12-8-9-14(17)10-15(12)16(19)18(2)11-13-6-4-3-5-7-13/h12-15H,3-11,17H2,1-2H3. The van der Waals surface area contributed by atoms with E-state index in [9.17, 15) is 4.79 Å². The lowest BCUT2D eigenvalue weighted by Gasteiger charge is -2.35. The minimum Gasteiger partial charge on any atom is -0.345 e. The van der Waals surface area contributed by atoms with Gasteiger partial charge in [-0.25, -0.2) is 0 Å². The first-order chi connectivity index (χ1) is 9.08. The van der Waals surface area contributed by atoms with Crippen LogP contribution < -0.4 is 5.73 Å². The number of hydrogen-bond donors (Lipinski definition) is 1. The van der Waals surface area contributed by atoms with Gasteiger partial charge in [0.15, 0.2) is 0 Å².